The van der Waals surface area contributed by atoms with E-state index in [0.717, 1.165) is 5.56 Å². The van der Waals surface area contributed by atoms with E-state index in [-0.39, 0.29) is 9.69 Å². The number of alkyl halides is 1. The van der Waals surface area contributed by atoms with Gasteiger partial charge in [-0.25, -0.2) is 4.99 Å². The molecule has 1 aliphatic rings. The minimum Gasteiger partial charge on any atom is -0.346 e. The first-order chi connectivity index (χ1) is 6.20. The van der Waals surface area contributed by atoms with Crippen LogP contribution in [0.4, 0.5) is 5.82 Å². The summed E-state index contributed by atoms with van der Waals surface area (Å²) in [5.74, 6) is 0.705. The van der Waals surface area contributed by atoms with Gasteiger partial charge in [0, 0.05) is 18.0 Å². The van der Waals surface area contributed by atoms with Gasteiger partial charge < -0.3 is 4.98 Å². The summed E-state index contributed by atoms with van der Waals surface area (Å²) in [5, 5.41) is 0. The number of aliphatic imine (C=N–C) groups is 1. The molecule has 0 amide bonds. The average Bonchev–Trinajstić information content (AvgIpc) is 2.52. The highest BCUT2D eigenvalue weighted by Gasteiger charge is 2.22. The molecule has 1 unspecified atom stereocenters. The number of nitrogens with zero attached hydrogens (tertiary/aromatic N) is 1. The van der Waals surface area contributed by atoms with Gasteiger partial charge in [0.05, 0.1) is 4.83 Å². The lowest BCUT2D eigenvalue weighted by atomic mass is 10.1. The highest BCUT2D eigenvalue weighted by Crippen LogP contribution is 2.33. The van der Waals surface area contributed by atoms with Crippen LogP contribution in [-0.4, -0.2) is 24.5 Å². The van der Waals surface area contributed by atoms with E-state index in [1.807, 2.05) is 0 Å². The van der Waals surface area contributed by atoms with E-state index in [9.17, 15) is 8.42 Å². The lowest BCUT2D eigenvalue weighted by Gasteiger charge is -2.10. The molecule has 4 nitrogen and oxygen atoms in total. The first-order valence-corrected chi connectivity index (χ1v) is 5.50. The zero-order valence-electron chi connectivity index (χ0n) is 6.36. The Labute approximate surface area is 84.4 Å². The molecule has 2 heterocycles. The zero-order valence-corrected chi connectivity index (χ0v) is 8.76. The fourth-order valence-corrected chi connectivity index (χ4v) is 2.54. The number of fused-ring (bicyclic) bond motifs is 1. The van der Waals surface area contributed by atoms with Crippen LogP contribution in [0.3, 0.4) is 0 Å². The summed E-state index contributed by atoms with van der Waals surface area (Å²) < 4.78 is 21.5. The smallest absolute Gasteiger partial charge is 0.220 e. The summed E-state index contributed by atoms with van der Waals surface area (Å²) in [6, 6.07) is 1.80. The molecule has 0 spiro atoms. The molecule has 1 aromatic rings. The summed E-state index contributed by atoms with van der Waals surface area (Å²) in [5.41, 5.74) is 0.849. The Hall–Kier alpha value is -0.880. The van der Waals surface area contributed by atoms with Crippen LogP contribution in [0.2, 0.25) is 0 Å². The van der Waals surface area contributed by atoms with Gasteiger partial charge in [-0.15, -0.1) is 0 Å². The highest BCUT2D eigenvalue weighted by atomic mass is 79.9. The first-order valence-electron chi connectivity index (χ1n) is 3.51. The average molecular weight is 261 g/mol. The van der Waals surface area contributed by atoms with E-state index >= 15 is 0 Å². The van der Waals surface area contributed by atoms with Crippen molar-refractivity contribution in [3.63, 3.8) is 0 Å². The van der Waals surface area contributed by atoms with E-state index < -0.39 is 10.3 Å². The second-order valence-corrected chi connectivity index (χ2v) is 4.40. The summed E-state index contributed by atoms with van der Waals surface area (Å²) in [6.07, 6.45) is 3.08. The molecule has 13 heavy (non-hydrogen) atoms. The molecular weight excluding hydrogens is 256 g/mol. The number of rotatable bonds is 0. The van der Waals surface area contributed by atoms with E-state index in [0.29, 0.717) is 5.82 Å². The van der Waals surface area contributed by atoms with Crippen molar-refractivity contribution in [3.05, 3.63) is 17.8 Å². The van der Waals surface area contributed by atoms with Gasteiger partial charge in [-0.2, -0.15) is 8.42 Å². The Morgan fingerprint density at radius 1 is 1.54 bits per heavy atom. The van der Waals surface area contributed by atoms with Gasteiger partial charge in [0.2, 0.25) is 10.3 Å². The highest BCUT2D eigenvalue weighted by molar-refractivity contribution is 9.09. The monoisotopic (exact) mass is 260 g/mol. The molecule has 0 saturated carbocycles. The fraction of sp³-hybridized carbons (Fsp3) is 0.143. The lowest BCUT2D eigenvalue weighted by molar-refractivity contribution is 0.627. The molecule has 6 heteroatoms. The van der Waals surface area contributed by atoms with E-state index in [1.54, 1.807) is 12.3 Å². The molecule has 1 N–H and O–H groups in total. The molecule has 0 fully saturated rings. The molecule has 1 atom stereocenters. The summed E-state index contributed by atoms with van der Waals surface area (Å²) in [6.45, 7) is 0. The van der Waals surface area contributed by atoms with Crippen molar-refractivity contribution in [2.75, 3.05) is 0 Å². The Kier molecular flexibility index (Phi) is 2.09. The molecule has 0 saturated heterocycles. The molecule has 2 rings (SSSR count). The van der Waals surface area contributed by atoms with Gasteiger partial charge >= 0.3 is 0 Å². The van der Waals surface area contributed by atoms with E-state index in [4.69, 9.17) is 0 Å². The Morgan fingerprint density at radius 2 is 2.31 bits per heavy atom. The molecule has 68 valence electrons. The van der Waals surface area contributed by atoms with Gasteiger partial charge in [0.25, 0.3) is 0 Å². The third-order valence-corrected chi connectivity index (χ3v) is 3.81. The Bertz CT molecular complexity index is 492. The van der Waals surface area contributed by atoms with Crippen LogP contribution < -0.4 is 0 Å². The van der Waals surface area contributed by atoms with Crippen molar-refractivity contribution in [2.24, 2.45) is 4.99 Å². The zero-order chi connectivity index (χ0) is 9.42. The van der Waals surface area contributed by atoms with Gasteiger partial charge in [-0.3, -0.25) is 0 Å². The third kappa shape index (κ3) is 1.36. The van der Waals surface area contributed by atoms with E-state index in [2.05, 4.69) is 25.9 Å². The van der Waals surface area contributed by atoms with Crippen LogP contribution in [0.1, 0.15) is 10.4 Å². The van der Waals surface area contributed by atoms with Crippen LogP contribution in [0.5, 0.6) is 0 Å². The van der Waals surface area contributed by atoms with E-state index in [1.165, 1.54) is 6.21 Å². The molecule has 1 aromatic heterocycles. The second kappa shape index (κ2) is 3.12. The molecule has 0 radical (unpaired) electrons. The number of H-pyrrole nitrogens is 1. The Morgan fingerprint density at radius 3 is 3.00 bits per heavy atom. The van der Waals surface area contributed by atoms with Crippen LogP contribution in [-0.2, 0) is 10.3 Å². The second-order valence-electron chi connectivity index (χ2n) is 2.54. The van der Waals surface area contributed by atoms with Gasteiger partial charge in [0.1, 0.15) is 10.7 Å². The van der Waals surface area contributed by atoms with Crippen molar-refractivity contribution < 1.29 is 8.42 Å². The maximum atomic E-state index is 10.7. The summed E-state index contributed by atoms with van der Waals surface area (Å²) in [7, 11) is -2.22. The Balaban J connectivity index is 2.66. The largest absolute Gasteiger partial charge is 0.346 e. The predicted molar refractivity (Wildman–Crippen MR) is 54.5 cm³/mol. The van der Waals surface area contributed by atoms with Crippen LogP contribution in [0.25, 0.3) is 0 Å². The lowest BCUT2D eigenvalue weighted by Crippen LogP contribution is -2.12. The number of aromatic amines is 1. The third-order valence-electron chi connectivity index (χ3n) is 1.79. The van der Waals surface area contributed by atoms with Crippen LogP contribution in [0, 0.1) is 0 Å². The number of nitrogens with one attached hydrogen (secondary N) is 1. The number of halogens is 1. The first kappa shape index (κ1) is 8.71. The molecule has 0 bridgehead atoms. The van der Waals surface area contributed by atoms with Gasteiger partial charge in [-0.05, 0) is 6.07 Å². The number of hydrogen-bond donors (Lipinski definition) is 1. The van der Waals surface area contributed by atoms with Crippen molar-refractivity contribution in [3.8, 4) is 0 Å². The molecular formula is C7H5BrN2O2S. The normalized spacial score (nSPS) is 20.1. The van der Waals surface area contributed by atoms with Crippen LogP contribution in [0.15, 0.2) is 17.3 Å². The molecule has 0 aromatic carbocycles. The van der Waals surface area contributed by atoms with Crippen molar-refractivity contribution >= 4 is 43.1 Å². The minimum atomic E-state index is -2.22. The fourth-order valence-electron chi connectivity index (χ4n) is 1.16. The predicted octanol–water partition coefficient (Wildman–Crippen LogP) is 1.22. The van der Waals surface area contributed by atoms with Gasteiger partial charge in [-0.1, -0.05) is 15.9 Å². The summed E-state index contributed by atoms with van der Waals surface area (Å²) in [4.78, 5) is 6.84. The number of aromatic nitrogens is 1. The van der Waals surface area contributed by atoms with Crippen LogP contribution >= 0.6 is 15.9 Å². The number of hydrogen-bond acceptors (Lipinski definition) is 3. The minimum absolute atomic E-state index is 0.257. The quantitative estimate of drug-likeness (QED) is 0.563. The maximum Gasteiger partial charge on any atom is 0.220 e. The standard InChI is InChI=1S/C7H5BrN2O2S/c8-6-4-1-2-9-7(4)10-3-5(6)13(11)12/h1-3,6,9H. The SMILES string of the molecule is O=S(=O)=C1C=Nc2[nH]ccc2C1Br. The molecule has 0 aliphatic carbocycles. The summed E-state index contributed by atoms with van der Waals surface area (Å²) >= 11 is 3.29. The van der Waals surface area contributed by atoms with Crippen molar-refractivity contribution in [1.82, 2.24) is 4.98 Å². The molecule has 1 aliphatic heterocycles. The van der Waals surface area contributed by atoms with Crippen molar-refractivity contribution in [1.29, 1.82) is 0 Å². The van der Waals surface area contributed by atoms with Crippen molar-refractivity contribution in [2.45, 2.75) is 4.83 Å². The van der Waals surface area contributed by atoms with Gasteiger partial charge in [0.15, 0.2) is 0 Å². The maximum absolute atomic E-state index is 10.7. The topological polar surface area (TPSA) is 62.3 Å².